The number of likely N-dealkylation sites (tertiary alicyclic amines) is 3. The SMILES string of the molecule is CC(C)(C)OC(=O)NC1(C(=O)N[C@@H](CCN2CCC(OC3CCN(C(=O)[C@H](NC(=O)c4cccc(C5CCCN(C(=O)C6CC6)C5)c4)C4CCCCC4)CC3)CC2)c2ccc(Cl)cc2)CCN(c2ncnc3[nH]ccc23)CC1. The fraction of sp³-hybridized carbons (Fsp3) is 0.617. The first kappa shape index (κ1) is 55.5. The second kappa shape index (κ2) is 24.7. The van der Waals surface area contributed by atoms with Crippen molar-refractivity contribution in [1.29, 1.82) is 0 Å². The standard InChI is InChI=1S/C60H81ClN10O7/c1-59(2,3)78-58(76)67-60(26-35-69(36-27-60)53-49-20-28-62-52(49)63-39-64-53)57(75)65-50(40-16-18-46(61)19-17-40)25-32-68-30-21-47(22-31-68)77-48-23-33-70(34-24-48)56(74)51(41-9-5-4-6-10-41)66-54(72)44-12-7-11-43(37-44)45-13-8-29-71(38-45)55(73)42-14-15-42/h7,11-12,16-20,28,37,39,41-42,45,47-48,50-51H,4-6,8-10,13-15,21-27,29-36,38H2,1-3H3,(H,65,75)(H,66,72)(H,67,76)(H,62,63,64)/t45?,50-,51+/m0/s1. The number of aromatic nitrogens is 3. The molecule has 18 heteroatoms. The van der Waals surface area contributed by atoms with Gasteiger partial charge in [0.05, 0.1) is 23.6 Å². The smallest absolute Gasteiger partial charge is 0.408 e. The number of fused-ring (bicyclic) bond motifs is 1. The highest BCUT2D eigenvalue weighted by Crippen LogP contribution is 2.36. The van der Waals surface area contributed by atoms with E-state index in [9.17, 15) is 24.0 Å². The van der Waals surface area contributed by atoms with E-state index in [-0.39, 0.29) is 59.6 Å². The van der Waals surface area contributed by atoms with Crippen LogP contribution in [0.25, 0.3) is 11.0 Å². The maximum absolute atomic E-state index is 14.8. The molecule has 0 radical (unpaired) electrons. The van der Waals surface area contributed by atoms with Gasteiger partial charge in [0.1, 0.15) is 35.0 Å². The molecule has 6 heterocycles. The predicted molar refractivity (Wildman–Crippen MR) is 300 cm³/mol. The first-order chi connectivity index (χ1) is 37.7. The van der Waals surface area contributed by atoms with Gasteiger partial charge < -0.3 is 50.0 Å². The highest BCUT2D eigenvalue weighted by molar-refractivity contribution is 6.30. The van der Waals surface area contributed by atoms with Crippen LogP contribution < -0.4 is 20.9 Å². The molecule has 4 N–H and O–H groups in total. The number of rotatable bonds is 16. The number of nitrogens with zero attached hydrogens (tertiary/aromatic N) is 6. The molecule has 4 aromatic rings. The Labute approximate surface area is 464 Å². The summed E-state index contributed by atoms with van der Waals surface area (Å²) in [6, 6.07) is 16.5. The van der Waals surface area contributed by atoms with Gasteiger partial charge in [0.25, 0.3) is 5.91 Å². The largest absolute Gasteiger partial charge is 0.444 e. The van der Waals surface area contributed by atoms with Gasteiger partial charge in [0, 0.05) is 87.5 Å². The summed E-state index contributed by atoms with van der Waals surface area (Å²) in [6.45, 7) is 11.5. The lowest BCUT2D eigenvalue weighted by atomic mass is 9.83. The van der Waals surface area contributed by atoms with E-state index in [1.54, 1.807) is 0 Å². The summed E-state index contributed by atoms with van der Waals surface area (Å²) in [5.74, 6) is 1.12. The summed E-state index contributed by atoms with van der Waals surface area (Å²) in [5.41, 5.74) is 1.34. The fourth-order valence-electron chi connectivity index (χ4n) is 12.7. The van der Waals surface area contributed by atoms with E-state index < -0.39 is 23.3 Å². The van der Waals surface area contributed by atoms with E-state index in [2.05, 4.69) is 46.8 Å². The molecule has 6 fully saturated rings. The van der Waals surface area contributed by atoms with Gasteiger partial charge in [0.15, 0.2) is 0 Å². The molecule has 2 aromatic carbocycles. The van der Waals surface area contributed by atoms with Crippen LogP contribution in [0.15, 0.2) is 67.1 Å². The zero-order chi connectivity index (χ0) is 54.4. The molecule has 0 bridgehead atoms. The Balaban J connectivity index is 0.716. The molecular formula is C60H81ClN10O7. The molecule has 2 aromatic heterocycles. The fourth-order valence-corrected chi connectivity index (χ4v) is 12.9. The van der Waals surface area contributed by atoms with Crippen molar-refractivity contribution < 1.29 is 33.4 Å². The highest BCUT2D eigenvalue weighted by atomic mass is 35.5. The van der Waals surface area contributed by atoms with Crippen LogP contribution >= 0.6 is 11.6 Å². The van der Waals surface area contributed by atoms with Gasteiger partial charge in [0.2, 0.25) is 17.7 Å². The molecular weight excluding hydrogens is 1010 g/mol. The average molecular weight is 1090 g/mol. The van der Waals surface area contributed by atoms with E-state index in [0.717, 1.165) is 138 Å². The molecule has 420 valence electrons. The minimum absolute atomic E-state index is 0.0182. The molecule has 3 atom stereocenters. The van der Waals surface area contributed by atoms with E-state index in [1.807, 2.05) is 85.3 Å². The molecule has 6 aliphatic rings. The number of amides is 5. The summed E-state index contributed by atoms with van der Waals surface area (Å²) in [4.78, 5) is 90.4. The van der Waals surface area contributed by atoms with Gasteiger partial charge in [-0.25, -0.2) is 14.8 Å². The first-order valence-electron chi connectivity index (χ1n) is 29.1. The lowest BCUT2D eigenvalue weighted by Crippen LogP contribution is -2.64. The number of anilines is 1. The van der Waals surface area contributed by atoms with Crippen molar-refractivity contribution in [3.63, 3.8) is 0 Å². The number of carbonyl (C=O) groups excluding carboxylic acids is 5. The molecule has 17 nitrogen and oxygen atoms in total. The van der Waals surface area contributed by atoms with Crippen LogP contribution in [0.5, 0.6) is 0 Å². The Hall–Kier alpha value is -5.78. The van der Waals surface area contributed by atoms with Crippen LogP contribution in [0.2, 0.25) is 5.02 Å². The number of hydrogen-bond acceptors (Lipinski definition) is 11. The van der Waals surface area contributed by atoms with Gasteiger partial charge >= 0.3 is 6.09 Å². The average Bonchev–Trinajstić information content (AvgIpc) is 4.21. The van der Waals surface area contributed by atoms with Crippen molar-refractivity contribution in [3.8, 4) is 0 Å². The molecule has 5 amide bonds. The number of carbonyl (C=O) groups is 5. The number of piperidine rings is 4. The van der Waals surface area contributed by atoms with E-state index >= 15 is 0 Å². The first-order valence-corrected chi connectivity index (χ1v) is 29.5. The molecule has 2 aliphatic carbocycles. The highest BCUT2D eigenvalue weighted by Gasteiger charge is 2.45. The number of hydrogen-bond donors (Lipinski definition) is 4. The number of nitrogens with one attached hydrogen (secondary N) is 4. The van der Waals surface area contributed by atoms with Gasteiger partial charge in [-0.1, -0.05) is 55.1 Å². The van der Waals surface area contributed by atoms with Crippen LogP contribution in [0, 0.1) is 11.8 Å². The summed E-state index contributed by atoms with van der Waals surface area (Å²) < 4.78 is 12.5. The van der Waals surface area contributed by atoms with Crippen molar-refractivity contribution in [3.05, 3.63) is 88.8 Å². The lowest BCUT2D eigenvalue weighted by molar-refractivity contribution is -0.139. The number of ether oxygens (including phenoxy) is 2. The Morgan fingerprint density at radius 2 is 1.50 bits per heavy atom. The molecule has 2 saturated carbocycles. The Morgan fingerprint density at radius 3 is 2.21 bits per heavy atom. The minimum atomic E-state index is -1.23. The second-order valence-electron chi connectivity index (χ2n) is 24.1. The Morgan fingerprint density at radius 1 is 0.782 bits per heavy atom. The summed E-state index contributed by atoms with van der Waals surface area (Å²) in [6.07, 6.45) is 16.6. The van der Waals surface area contributed by atoms with Gasteiger partial charge in [-0.3, -0.25) is 19.2 Å². The second-order valence-corrected chi connectivity index (χ2v) is 24.5. The lowest BCUT2D eigenvalue weighted by Gasteiger charge is -2.42. The zero-order valence-electron chi connectivity index (χ0n) is 46.0. The van der Waals surface area contributed by atoms with E-state index in [0.29, 0.717) is 62.6 Å². The third kappa shape index (κ3) is 13.8. The third-order valence-electron chi connectivity index (χ3n) is 17.4. The summed E-state index contributed by atoms with van der Waals surface area (Å²) in [5, 5.41) is 11.2. The third-order valence-corrected chi connectivity index (χ3v) is 17.6. The number of aromatic amines is 1. The van der Waals surface area contributed by atoms with Crippen LogP contribution in [0.3, 0.4) is 0 Å². The van der Waals surface area contributed by atoms with Crippen molar-refractivity contribution in [1.82, 2.24) is 45.6 Å². The van der Waals surface area contributed by atoms with Gasteiger partial charge in [-0.15, -0.1) is 0 Å². The summed E-state index contributed by atoms with van der Waals surface area (Å²) >= 11 is 6.37. The maximum atomic E-state index is 14.8. The van der Waals surface area contributed by atoms with Gasteiger partial charge in [-0.2, -0.15) is 0 Å². The molecule has 78 heavy (non-hydrogen) atoms. The van der Waals surface area contributed by atoms with Crippen molar-refractivity contribution in [2.45, 2.75) is 165 Å². The van der Waals surface area contributed by atoms with E-state index in [4.69, 9.17) is 21.1 Å². The van der Waals surface area contributed by atoms with Crippen molar-refractivity contribution in [2.75, 3.05) is 63.8 Å². The Kier molecular flexibility index (Phi) is 17.6. The van der Waals surface area contributed by atoms with Crippen LogP contribution in [0.1, 0.15) is 157 Å². The maximum Gasteiger partial charge on any atom is 0.408 e. The normalized spacial score (nSPS) is 21.9. The zero-order valence-corrected chi connectivity index (χ0v) is 46.7. The number of halogens is 1. The number of benzene rings is 2. The topological polar surface area (TPSA) is 194 Å². The quantitative estimate of drug-likeness (QED) is 0.0839. The molecule has 1 unspecified atom stereocenters. The summed E-state index contributed by atoms with van der Waals surface area (Å²) in [7, 11) is 0. The number of alkyl carbamates (subject to hydrolysis) is 1. The monoisotopic (exact) mass is 1090 g/mol. The number of H-pyrrole nitrogens is 1. The molecule has 10 rings (SSSR count). The molecule has 0 spiro atoms. The van der Waals surface area contributed by atoms with Gasteiger partial charge in [-0.05, 0) is 152 Å². The molecule has 4 saturated heterocycles. The van der Waals surface area contributed by atoms with Crippen molar-refractivity contribution >= 4 is 58.2 Å². The van der Waals surface area contributed by atoms with Crippen molar-refractivity contribution in [2.24, 2.45) is 11.8 Å². The minimum Gasteiger partial charge on any atom is -0.444 e. The van der Waals surface area contributed by atoms with Crippen LogP contribution in [0.4, 0.5) is 10.6 Å². The van der Waals surface area contributed by atoms with Crippen LogP contribution in [-0.2, 0) is 23.9 Å². The van der Waals surface area contributed by atoms with Crippen LogP contribution in [-0.4, -0.2) is 148 Å². The predicted octanol–water partition coefficient (Wildman–Crippen LogP) is 8.69. The van der Waals surface area contributed by atoms with E-state index in [1.165, 1.54) is 6.33 Å². The Bertz CT molecular complexity index is 2710. The molecule has 4 aliphatic heterocycles.